The first kappa shape index (κ1) is 12.5. The van der Waals surface area contributed by atoms with Gasteiger partial charge in [0, 0.05) is 5.02 Å². The van der Waals surface area contributed by atoms with Crippen molar-refractivity contribution in [1.82, 2.24) is 0 Å². The Kier molecular flexibility index (Phi) is 3.44. The number of rotatable bonds is 1. The van der Waals surface area contributed by atoms with Crippen LogP contribution in [0, 0.1) is 5.82 Å². The van der Waals surface area contributed by atoms with Crippen LogP contribution in [0.1, 0.15) is 51.7 Å². The van der Waals surface area contributed by atoms with Crippen LogP contribution in [0.25, 0.3) is 0 Å². The second-order valence-electron chi connectivity index (χ2n) is 5.26. The van der Waals surface area contributed by atoms with E-state index >= 15 is 0 Å². The summed E-state index contributed by atoms with van der Waals surface area (Å²) in [5, 5.41) is 0.518. The van der Waals surface area contributed by atoms with E-state index in [9.17, 15) is 4.39 Å². The number of hydrogen-bond donors (Lipinski definition) is 0. The Morgan fingerprint density at radius 1 is 1.20 bits per heavy atom. The highest BCUT2D eigenvalue weighted by Crippen LogP contribution is 2.33. The third-order valence-electron chi connectivity index (χ3n) is 2.52. The van der Waals surface area contributed by atoms with Gasteiger partial charge in [-0.15, -0.1) is 0 Å². The molecule has 2 heteroatoms. The van der Waals surface area contributed by atoms with E-state index in [2.05, 4.69) is 20.8 Å². The minimum absolute atomic E-state index is 0.0472. The van der Waals surface area contributed by atoms with Crippen LogP contribution in [0.4, 0.5) is 4.39 Å². The fraction of sp³-hybridized carbons (Fsp3) is 0.538. The molecule has 0 aliphatic rings. The van der Waals surface area contributed by atoms with Crippen LogP contribution in [0.5, 0.6) is 0 Å². The molecular formula is C13H18ClF. The summed E-state index contributed by atoms with van der Waals surface area (Å²) in [5.41, 5.74) is 1.70. The number of hydrogen-bond acceptors (Lipinski definition) is 0. The van der Waals surface area contributed by atoms with Gasteiger partial charge < -0.3 is 0 Å². The zero-order valence-corrected chi connectivity index (χ0v) is 10.7. The Bertz CT molecular complexity index is 362. The van der Waals surface area contributed by atoms with Crippen LogP contribution in [-0.4, -0.2) is 0 Å². The summed E-state index contributed by atoms with van der Waals surface area (Å²) < 4.78 is 13.6. The first-order valence-electron chi connectivity index (χ1n) is 5.23. The van der Waals surface area contributed by atoms with Gasteiger partial charge in [0.05, 0.1) is 0 Å². The maximum Gasteiger partial charge on any atom is 0.128 e. The van der Waals surface area contributed by atoms with E-state index in [1.54, 1.807) is 0 Å². The molecule has 0 bridgehead atoms. The van der Waals surface area contributed by atoms with Gasteiger partial charge in [-0.2, -0.15) is 0 Å². The van der Waals surface area contributed by atoms with E-state index in [1.807, 2.05) is 19.9 Å². The van der Waals surface area contributed by atoms with Gasteiger partial charge in [-0.1, -0.05) is 52.3 Å². The standard InChI is InChI=1S/C13H18ClF/c1-8(2)9-6-10(13(3,4)5)11(14)7-12(9)15/h6-8H,1-5H3. The van der Waals surface area contributed by atoms with Crippen molar-refractivity contribution in [2.45, 2.75) is 46.0 Å². The highest BCUT2D eigenvalue weighted by atomic mass is 35.5. The van der Waals surface area contributed by atoms with Crippen LogP contribution >= 0.6 is 11.6 Å². The summed E-state index contributed by atoms with van der Waals surface area (Å²) in [4.78, 5) is 0. The van der Waals surface area contributed by atoms with E-state index in [-0.39, 0.29) is 17.2 Å². The van der Waals surface area contributed by atoms with Gasteiger partial charge in [0.25, 0.3) is 0 Å². The maximum atomic E-state index is 13.6. The minimum Gasteiger partial charge on any atom is -0.207 e. The zero-order chi connectivity index (χ0) is 11.8. The van der Waals surface area contributed by atoms with Crippen molar-refractivity contribution >= 4 is 11.6 Å². The van der Waals surface area contributed by atoms with Crippen LogP contribution < -0.4 is 0 Å². The van der Waals surface area contributed by atoms with Crippen molar-refractivity contribution in [3.8, 4) is 0 Å². The van der Waals surface area contributed by atoms with Crippen molar-refractivity contribution in [3.63, 3.8) is 0 Å². The van der Waals surface area contributed by atoms with Crippen LogP contribution in [0.3, 0.4) is 0 Å². The first-order chi connectivity index (χ1) is 6.73. The highest BCUT2D eigenvalue weighted by molar-refractivity contribution is 6.31. The minimum atomic E-state index is -0.206. The van der Waals surface area contributed by atoms with Gasteiger partial charge in [0.2, 0.25) is 0 Å². The maximum absolute atomic E-state index is 13.6. The fourth-order valence-electron chi connectivity index (χ4n) is 1.58. The SMILES string of the molecule is CC(C)c1cc(C(C)(C)C)c(Cl)cc1F. The van der Waals surface area contributed by atoms with Crippen molar-refractivity contribution in [2.75, 3.05) is 0 Å². The van der Waals surface area contributed by atoms with Crippen LogP contribution in [0.15, 0.2) is 12.1 Å². The van der Waals surface area contributed by atoms with Crippen molar-refractivity contribution in [1.29, 1.82) is 0 Å². The molecule has 0 N–H and O–H groups in total. The second kappa shape index (κ2) is 4.13. The third-order valence-corrected chi connectivity index (χ3v) is 2.83. The molecule has 0 amide bonds. The molecule has 1 aromatic rings. The molecule has 0 fully saturated rings. The molecule has 0 aliphatic carbocycles. The molecule has 1 aromatic carbocycles. The Labute approximate surface area is 96.5 Å². The van der Waals surface area contributed by atoms with E-state index in [4.69, 9.17) is 11.6 Å². The molecule has 15 heavy (non-hydrogen) atoms. The Morgan fingerprint density at radius 2 is 1.73 bits per heavy atom. The predicted octanol–water partition coefficient (Wildman–Crippen LogP) is 4.90. The monoisotopic (exact) mass is 228 g/mol. The quantitative estimate of drug-likeness (QED) is 0.641. The van der Waals surface area contributed by atoms with Crippen molar-refractivity contribution < 1.29 is 4.39 Å². The predicted molar refractivity (Wildman–Crippen MR) is 64.2 cm³/mol. The van der Waals surface area contributed by atoms with Gasteiger partial charge in [0.15, 0.2) is 0 Å². The smallest absolute Gasteiger partial charge is 0.128 e. The molecule has 0 nitrogen and oxygen atoms in total. The van der Waals surface area contributed by atoms with E-state index < -0.39 is 0 Å². The third kappa shape index (κ3) is 2.72. The Morgan fingerprint density at radius 3 is 2.13 bits per heavy atom. The lowest BCUT2D eigenvalue weighted by molar-refractivity contribution is 0.570. The van der Waals surface area contributed by atoms with Gasteiger partial charge >= 0.3 is 0 Å². The molecule has 1 rings (SSSR count). The zero-order valence-electron chi connectivity index (χ0n) is 9.99. The fourth-order valence-corrected chi connectivity index (χ4v) is 2.02. The average molecular weight is 229 g/mol. The normalized spacial score (nSPS) is 12.3. The van der Waals surface area contributed by atoms with Gasteiger partial charge in [0.1, 0.15) is 5.82 Å². The molecular weight excluding hydrogens is 211 g/mol. The van der Waals surface area contributed by atoms with Crippen LogP contribution in [0.2, 0.25) is 5.02 Å². The lowest BCUT2D eigenvalue weighted by atomic mass is 9.84. The number of benzene rings is 1. The average Bonchev–Trinajstić information content (AvgIpc) is 2.00. The molecule has 0 saturated carbocycles. The Hall–Kier alpha value is -0.560. The van der Waals surface area contributed by atoms with Gasteiger partial charge in [-0.05, 0) is 28.5 Å². The van der Waals surface area contributed by atoms with Gasteiger partial charge in [-0.25, -0.2) is 4.39 Å². The van der Waals surface area contributed by atoms with E-state index in [1.165, 1.54) is 6.07 Å². The summed E-state index contributed by atoms with van der Waals surface area (Å²) in [6, 6.07) is 3.32. The molecule has 0 spiro atoms. The van der Waals surface area contributed by atoms with Crippen molar-refractivity contribution in [2.24, 2.45) is 0 Å². The van der Waals surface area contributed by atoms with E-state index in [0.29, 0.717) is 5.02 Å². The lowest BCUT2D eigenvalue weighted by Crippen LogP contribution is -2.13. The molecule has 0 aromatic heterocycles. The summed E-state index contributed by atoms with van der Waals surface area (Å²) in [6.07, 6.45) is 0. The molecule has 0 saturated heterocycles. The molecule has 0 radical (unpaired) electrons. The largest absolute Gasteiger partial charge is 0.207 e. The van der Waals surface area contributed by atoms with Crippen molar-refractivity contribution in [3.05, 3.63) is 34.1 Å². The highest BCUT2D eigenvalue weighted by Gasteiger charge is 2.20. The summed E-state index contributed by atoms with van der Waals surface area (Å²) in [7, 11) is 0. The first-order valence-corrected chi connectivity index (χ1v) is 5.60. The molecule has 84 valence electrons. The topological polar surface area (TPSA) is 0 Å². The summed E-state index contributed by atoms with van der Waals surface area (Å²) in [5.74, 6) is -0.0219. The lowest BCUT2D eigenvalue weighted by Gasteiger charge is -2.22. The van der Waals surface area contributed by atoms with Gasteiger partial charge in [-0.3, -0.25) is 0 Å². The van der Waals surface area contributed by atoms with E-state index in [0.717, 1.165) is 11.1 Å². The summed E-state index contributed by atoms with van der Waals surface area (Å²) in [6.45, 7) is 10.2. The van der Waals surface area contributed by atoms with Crippen LogP contribution in [-0.2, 0) is 5.41 Å². The summed E-state index contributed by atoms with van der Waals surface area (Å²) >= 11 is 6.05. The Balaban J connectivity index is 3.37. The second-order valence-corrected chi connectivity index (χ2v) is 5.67. The molecule has 0 unspecified atom stereocenters. The number of halogens is 2. The molecule has 0 atom stereocenters. The molecule has 0 aliphatic heterocycles. The molecule has 0 heterocycles.